The molecule has 0 rings (SSSR count). The van der Waals surface area contributed by atoms with Crippen LogP contribution < -0.4 is 5.73 Å². The molecular weight excluding hydrogens is 180 g/mol. The van der Waals surface area contributed by atoms with Gasteiger partial charge in [-0.2, -0.15) is 0 Å². The van der Waals surface area contributed by atoms with Gasteiger partial charge >= 0.3 is 0 Å². The maximum Gasteiger partial charge on any atom is 0.222 e. The highest BCUT2D eigenvalue weighted by molar-refractivity contribution is 5.78. The smallest absolute Gasteiger partial charge is 0.222 e. The van der Waals surface area contributed by atoms with E-state index in [4.69, 9.17) is 5.73 Å². The number of amides is 2. The normalized spacial score (nSPS) is 9.86. The third kappa shape index (κ3) is 5.56. The van der Waals surface area contributed by atoms with Gasteiger partial charge in [-0.25, -0.2) is 0 Å². The predicted octanol–water partition coefficient (Wildman–Crippen LogP) is 0.901. The Labute approximate surface area is 85.4 Å². The Morgan fingerprint density at radius 3 is 2.14 bits per heavy atom. The summed E-state index contributed by atoms with van der Waals surface area (Å²) in [5.41, 5.74) is 5.03. The van der Waals surface area contributed by atoms with Crippen molar-refractivity contribution >= 4 is 11.8 Å². The summed E-state index contributed by atoms with van der Waals surface area (Å²) in [7, 11) is 0. The second kappa shape index (κ2) is 7.35. The minimum Gasteiger partial charge on any atom is -0.370 e. The molecule has 0 bridgehead atoms. The Bertz CT molecular complexity index is 193. The number of primary amides is 1. The van der Waals surface area contributed by atoms with E-state index in [1.165, 1.54) is 0 Å². The van der Waals surface area contributed by atoms with Crippen molar-refractivity contribution in [3.05, 3.63) is 0 Å². The van der Waals surface area contributed by atoms with Crippen LogP contribution in [0.5, 0.6) is 0 Å². The maximum atomic E-state index is 11.5. The van der Waals surface area contributed by atoms with E-state index in [2.05, 4.69) is 0 Å². The monoisotopic (exact) mass is 200 g/mol. The molecule has 0 aliphatic carbocycles. The van der Waals surface area contributed by atoms with Gasteiger partial charge in [0, 0.05) is 25.9 Å². The molecule has 4 nitrogen and oxygen atoms in total. The van der Waals surface area contributed by atoms with Crippen LogP contribution in [0.2, 0.25) is 0 Å². The molecule has 0 spiro atoms. The molecule has 0 aliphatic rings. The molecule has 0 unspecified atom stereocenters. The zero-order valence-corrected chi connectivity index (χ0v) is 9.08. The fraction of sp³-hybridized carbons (Fsp3) is 0.800. The Hall–Kier alpha value is -1.06. The van der Waals surface area contributed by atoms with Gasteiger partial charge in [0.05, 0.1) is 0 Å². The van der Waals surface area contributed by atoms with Crippen LogP contribution in [-0.4, -0.2) is 29.8 Å². The Morgan fingerprint density at radius 2 is 1.71 bits per heavy atom. The van der Waals surface area contributed by atoms with Gasteiger partial charge in [-0.15, -0.1) is 0 Å². The lowest BCUT2D eigenvalue weighted by molar-refractivity contribution is -0.131. The summed E-state index contributed by atoms with van der Waals surface area (Å²) >= 11 is 0. The van der Waals surface area contributed by atoms with E-state index in [9.17, 15) is 9.59 Å². The number of carbonyl (C=O) groups is 2. The topological polar surface area (TPSA) is 63.4 Å². The van der Waals surface area contributed by atoms with Gasteiger partial charge in [0.25, 0.3) is 0 Å². The first-order valence-corrected chi connectivity index (χ1v) is 5.17. The van der Waals surface area contributed by atoms with Gasteiger partial charge in [0.1, 0.15) is 0 Å². The number of rotatable bonds is 7. The molecule has 14 heavy (non-hydrogen) atoms. The zero-order valence-electron chi connectivity index (χ0n) is 9.08. The molecule has 82 valence electrons. The summed E-state index contributed by atoms with van der Waals surface area (Å²) in [6.45, 7) is 5.15. The van der Waals surface area contributed by atoms with Crippen LogP contribution >= 0.6 is 0 Å². The number of nitrogens with zero attached hydrogens (tertiary/aromatic N) is 1. The maximum absolute atomic E-state index is 11.5. The zero-order chi connectivity index (χ0) is 11.0. The van der Waals surface area contributed by atoms with E-state index in [1.54, 1.807) is 4.90 Å². The van der Waals surface area contributed by atoms with Gasteiger partial charge in [-0.05, 0) is 12.8 Å². The standard InChI is InChI=1S/C10H20N2O2/c1-3-5-10(14)12(7-4-2)8-6-9(11)13/h3-8H2,1-2H3,(H2,11,13). The fourth-order valence-corrected chi connectivity index (χ4v) is 1.25. The average molecular weight is 200 g/mol. The molecule has 2 N–H and O–H groups in total. The van der Waals surface area contributed by atoms with Gasteiger partial charge in [-0.3, -0.25) is 9.59 Å². The summed E-state index contributed by atoms with van der Waals surface area (Å²) in [6, 6.07) is 0. The van der Waals surface area contributed by atoms with Crippen LogP contribution in [0.1, 0.15) is 39.5 Å². The lowest BCUT2D eigenvalue weighted by Crippen LogP contribution is -2.34. The molecule has 0 fully saturated rings. The first kappa shape index (κ1) is 12.9. The summed E-state index contributed by atoms with van der Waals surface area (Å²) in [5, 5.41) is 0. The number of carbonyl (C=O) groups excluding carboxylic acids is 2. The van der Waals surface area contributed by atoms with E-state index in [0.717, 1.165) is 12.8 Å². The lowest BCUT2D eigenvalue weighted by Gasteiger charge is -2.21. The lowest BCUT2D eigenvalue weighted by atomic mass is 10.2. The van der Waals surface area contributed by atoms with Crippen molar-refractivity contribution < 1.29 is 9.59 Å². The van der Waals surface area contributed by atoms with E-state index < -0.39 is 0 Å². The van der Waals surface area contributed by atoms with Crippen molar-refractivity contribution in [2.45, 2.75) is 39.5 Å². The van der Waals surface area contributed by atoms with Crippen molar-refractivity contribution in [3.63, 3.8) is 0 Å². The molecule has 0 aromatic heterocycles. The third-order valence-corrected chi connectivity index (χ3v) is 1.94. The first-order valence-electron chi connectivity index (χ1n) is 5.17. The Kier molecular flexibility index (Phi) is 6.80. The number of nitrogens with two attached hydrogens (primary N) is 1. The summed E-state index contributed by atoms with van der Waals surface area (Å²) in [5.74, 6) is -0.231. The molecular formula is C10H20N2O2. The second-order valence-corrected chi connectivity index (χ2v) is 3.35. The van der Waals surface area contributed by atoms with Crippen molar-refractivity contribution in [3.8, 4) is 0 Å². The molecule has 0 saturated carbocycles. The minimum absolute atomic E-state index is 0.121. The van der Waals surface area contributed by atoms with E-state index in [1.807, 2.05) is 13.8 Å². The molecule has 2 amide bonds. The van der Waals surface area contributed by atoms with E-state index in [0.29, 0.717) is 19.5 Å². The van der Waals surface area contributed by atoms with Crippen molar-refractivity contribution in [2.75, 3.05) is 13.1 Å². The van der Waals surface area contributed by atoms with Gasteiger partial charge in [-0.1, -0.05) is 13.8 Å². The van der Waals surface area contributed by atoms with Crippen LogP contribution in [0.25, 0.3) is 0 Å². The summed E-state index contributed by atoms with van der Waals surface area (Å²) in [6.07, 6.45) is 2.57. The average Bonchev–Trinajstić information content (AvgIpc) is 2.12. The predicted molar refractivity (Wildman–Crippen MR) is 55.6 cm³/mol. The van der Waals surface area contributed by atoms with Crippen molar-refractivity contribution in [1.29, 1.82) is 0 Å². The molecule has 0 radical (unpaired) electrons. The largest absolute Gasteiger partial charge is 0.370 e. The summed E-state index contributed by atoms with van der Waals surface area (Å²) in [4.78, 5) is 23.8. The highest BCUT2D eigenvalue weighted by atomic mass is 16.2. The summed E-state index contributed by atoms with van der Waals surface area (Å²) < 4.78 is 0. The van der Waals surface area contributed by atoms with Crippen LogP contribution in [0, 0.1) is 0 Å². The van der Waals surface area contributed by atoms with Crippen molar-refractivity contribution in [1.82, 2.24) is 4.90 Å². The van der Waals surface area contributed by atoms with E-state index >= 15 is 0 Å². The van der Waals surface area contributed by atoms with Crippen LogP contribution in [0.4, 0.5) is 0 Å². The molecule has 0 aromatic carbocycles. The van der Waals surface area contributed by atoms with Gasteiger partial charge in [0.15, 0.2) is 0 Å². The molecule has 0 aliphatic heterocycles. The third-order valence-electron chi connectivity index (χ3n) is 1.94. The van der Waals surface area contributed by atoms with Crippen LogP contribution in [-0.2, 0) is 9.59 Å². The molecule has 0 saturated heterocycles. The van der Waals surface area contributed by atoms with Gasteiger partial charge in [0.2, 0.25) is 11.8 Å². The highest BCUT2D eigenvalue weighted by Gasteiger charge is 2.11. The second-order valence-electron chi connectivity index (χ2n) is 3.35. The van der Waals surface area contributed by atoms with Crippen molar-refractivity contribution in [2.24, 2.45) is 5.73 Å². The van der Waals surface area contributed by atoms with Gasteiger partial charge < -0.3 is 10.6 Å². The molecule has 0 atom stereocenters. The molecule has 4 heteroatoms. The number of hydrogen-bond acceptors (Lipinski definition) is 2. The fourth-order valence-electron chi connectivity index (χ4n) is 1.25. The van der Waals surface area contributed by atoms with Crippen LogP contribution in [0.15, 0.2) is 0 Å². The van der Waals surface area contributed by atoms with E-state index in [-0.39, 0.29) is 18.2 Å². The highest BCUT2D eigenvalue weighted by Crippen LogP contribution is 2.00. The first-order chi connectivity index (χ1) is 6.61. The molecule has 0 aromatic rings. The quantitative estimate of drug-likeness (QED) is 0.663. The minimum atomic E-state index is -0.351. The SMILES string of the molecule is CCCC(=O)N(CCC)CCC(N)=O. The molecule has 0 heterocycles. The Balaban J connectivity index is 3.99. The number of hydrogen-bond donors (Lipinski definition) is 1. The Morgan fingerprint density at radius 1 is 1.07 bits per heavy atom. The van der Waals surface area contributed by atoms with Crippen LogP contribution in [0.3, 0.4) is 0 Å².